The van der Waals surface area contributed by atoms with Crippen LogP contribution in [0.1, 0.15) is 63.5 Å². The molecule has 0 aromatic heterocycles. The lowest BCUT2D eigenvalue weighted by Gasteiger charge is -2.38. The van der Waals surface area contributed by atoms with E-state index >= 15 is 4.39 Å². The van der Waals surface area contributed by atoms with E-state index in [2.05, 4.69) is 36.3 Å². The molecular formula is C31H38Cl2FN3O3. The van der Waals surface area contributed by atoms with Crippen LogP contribution in [0.15, 0.2) is 36.4 Å². The van der Waals surface area contributed by atoms with Crippen LogP contribution in [-0.2, 0) is 15.0 Å². The quantitative estimate of drug-likeness (QED) is 0.394. The molecule has 3 heterocycles. The number of rotatable bonds is 7. The third-order valence-electron chi connectivity index (χ3n) is 8.90. The second-order valence-electron chi connectivity index (χ2n) is 12.8. The first-order valence-electron chi connectivity index (χ1n) is 14.1. The number of nitrogens with one attached hydrogen (secondary N) is 2. The van der Waals surface area contributed by atoms with Crippen LogP contribution < -0.4 is 10.6 Å². The molecular weight excluding hydrogens is 552 g/mol. The first-order chi connectivity index (χ1) is 19.0. The fourth-order valence-corrected chi connectivity index (χ4v) is 7.53. The zero-order valence-corrected chi connectivity index (χ0v) is 24.8. The van der Waals surface area contributed by atoms with E-state index in [1.807, 2.05) is 6.07 Å². The summed E-state index contributed by atoms with van der Waals surface area (Å²) in [6, 6.07) is 8.92. The van der Waals surface area contributed by atoms with E-state index in [4.69, 9.17) is 23.2 Å². The molecule has 2 fully saturated rings. The highest BCUT2D eigenvalue weighted by Gasteiger charge is 2.66. The number of Topliss-reactive ketones (excluding diaryl/α,β-unsaturated/α-hetero) is 1. The number of benzene rings is 2. The van der Waals surface area contributed by atoms with Crippen LogP contribution in [0, 0.1) is 17.2 Å². The lowest BCUT2D eigenvalue weighted by Crippen LogP contribution is -2.49. The summed E-state index contributed by atoms with van der Waals surface area (Å²) in [6.07, 6.45) is 2.64. The van der Waals surface area contributed by atoms with Crippen LogP contribution in [0.4, 0.5) is 10.1 Å². The van der Waals surface area contributed by atoms with E-state index < -0.39 is 29.2 Å². The van der Waals surface area contributed by atoms with Crippen molar-refractivity contribution < 1.29 is 19.1 Å². The van der Waals surface area contributed by atoms with E-state index in [0.29, 0.717) is 30.1 Å². The Morgan fingerprint density at radius 1 is 1.18 bits per heavy atom. The molecule has 0 aliphatic carbocycles. The number of halogens is 3. The first-order valence-corrected chi connectivity index (χ1v) is 14.9. The molecule has 4 atom stereocenters. The number of carbonyl (C=O) groups excluding carboxylic acids is 2. The highest BCUT2D eigenvalue weighted by Crippen LogP contribution is 2.57. The number of aliphatic hydroxyl groups is 1. The molecule has 0 unspecified atom stereocenters. The van der Waals surface area contributed by atoms with Gasteiger partial charge in [-0.05, 0) is 73.0 Å². The van der Waals surface area contributed by atoms with E-state index in [9.17, 15) is 14.7 Å². The number of β-amino-alcohol motifs (C(OH)–C–C–N with tert-alkyl or cyclic N) is 1. The minimum Gasteiger partial charge on any atom is -0.395 e. The topological polar surface area (TPSA) is 81.7 Å². The molecule has 0 saturated carbocycles. The summed E-state index contributed by atoms with van der Waals surface area (Å²) in [5, 5.41) is 16.3. The van der Waals surface area contributed by atoms with Gasteiger partial charge in [-0.3, -0.25) is 9.59 Å². The summed E-state index contributed by atoms with van der Waals surface area (Å²) < 4.78 is 15.9. The van der Waals surface area contributed by atoms with Crippen molar-refractivity contribution in [2.45, 2.75) is 69.9 Å². The minimum atomic E-state index is -1.23. The number of amides is 1. The number of hydrogen-bond donors (Lipinski definition) is 3. The van der Waals surface area contributed by atoms with Gasteiger partial charge in [-0.25, -0.2) is 4.39 Å². The third kappa shape index (κ3) is 5.32. The van der Waals surface area contributed by atoms with Crippen LogP contribution >= 0.6 is 23.2 Å². The standard InChI is InChI=1S/C31H38Cl2FN3O3/c1-30(2,3)17-25-31(21-8-7-19(32)16-23(21)35-29(31)40)26(20-5-4-6-22(33)27(20)34)28(36-25)24(39)15-18-9-11-37(12-10-18)13-14-38/h4-8,16,18,25-26,28,36,38H,9-15,17H2,1-3H3,(H,35,40)/t25-,26+,28+,31+/m1/s1. The Bertz CT molecular complexity index is 1290. The SMILES string of the molecule is CC(C)(C)C[C@H]1N[C@@H](C(=O)CC2CCN(CCO)CC2)[C@H](c2cccc(Cl)c2F)[C@@]12C(=O)Nc1cc(Cl)ccc12. The van der Waals surface area contributed by atoms with E-state index in [1.165, 1.54) is 6.07 Å². The predicted molar refractivity (Wildman–Crippen MR) is 157 cm³/mol. The second kappa shape index (κ2) is 11.3. The monoisotopic (exact) mass is 589 g/mol. The van der Waals surface area contributed by atoms with Gasteiger partial charge in [-0.15, -0.1) is 0 Å². The van der Waals surface area contributed by atoms with Crippen LogP contribution in [0.5, 0.6) is 0 Å². The molecule has 3 N–H and O–H groups in total. The van der Waals surface area contributed by atoms with Crippen LogP contribution in [-0.4, -0.2) is 60.0 Å². The molecule has 3 aliphatic heterocycles. The third-order valence-corrected chi connectivity index (χ3v) is 9.43. The summed E-state index contributed by atoms with van der Waals surface area (Å²) in [7, 11) is 0. The molecule has 2 aromatic carbocycles. The summed E-state index contributed by atoms with van der Waals surface area (Å²) in [4.78, 5) is 30.6. The molecule has 2 saturated heterocycles. The average molecular weight is 591 g/mol. The van der Waals surface area contributed by atoms with Crippen LogP contribution in [0.25, 0.3) is 0 Å². The normalized spacial score (nSPS) is 27.3. The molecule has 1 spiro atoms. The lowest BCUT2D eigenvalue weighted by atomic mass is 9.62. The van der Waals surface area contributed by atoms with Crippen molar-refractivity contribution in [3.05, 3.63) is 63.4 Å². The number of hydrogen-bond acceptors (Lipinski definition) is 5. The fourth-order valence-electron chi connectivity index (χ4n) is 7.17. The van der Waals surface area contributed by atoms with Crippen molar-refractivity contribution in [3.63, 3.8) is 0 Å². The molecule has 9 heteroatoms. The summed E-state index contributed by atoms with van der Waals surface area (Å²) in [5.41, 5.74) is 0.166. The number of aliphatic hydroxyl groups excluding tert-OH is 1. The molecule has 40 heavy (non-hydrogen) atoms. The number of nitrogens with zero attached hydrogens (tertiary/aromatic N) is 1. The van der Waals surface area contributed by atoms with Gasteiger partial charge in [-0.2, -0.15) is 0 Å². The van der Waals surface area contributed by atoms with Gasteiger partial charge in [0.25, 0.3) is 0 Å². The van der Waals surface area contributed by atoms with E-state index in [-0.39, 0.29) is 40.2 Å². The van der Waals surface area contributed by atoms with Gasteiger partial charge in [-0.1, -0.05) is 62.2 Å². The number of fused-ring (bicyclic) bond motifs is 2. The smallest absolute Gasteiger partial charge is 0.237 e. The van der Waals surface area contributed by atoms with Gasteiger partial charge in [0.2, 0.25) is 5.91 Å². The second-order valence-corrected chi connectivity index (χ2v) is 13.6. The fraction of sp³-hybridized carbons (Fsp3) is 0.548. The van der Waals surface area contributed by atoms with Crippen molar-refractivity contribution in [3.8, 4) is 0 Å². The zero-order chi connectivity index (χ0) is 28.8. The maximum absolute atomic E-state index is 15.9. The van der Waals surface area contributed by atoms with Gasteiger partial charge in [0.1, 0.15) is 11.2 Å². The van der Waals surface area contributed by atoms with Gasteiger partial charge in [0, 0.05) is 35.6 Å². The highest BCUT2D eigenvalue weighted by atomic mass is 35.5. The highest BCUT2D eigenvalue weighted by molar-refractivity contribution is 6.31. The molecule has 2 aromatic rings. The maximum atomic E-state index is 15.9. The van der Waals surface area contributed by atoms with Gasteiger partial charge in [0.05, 0.1) is 17.7 Å². The lowest BCUT2D eigenvalue weighted by molar-refractivity contribution is -0.123. The van der Waals surface area contributed by atoms with Crippen LogP contribution in [0.2, 0.25) is 10.0 Å². The van der Waals surface area contributed by atoms with Gasteiger partial charge >= 0.3 is 0 Å². The Balaban J connectivity index is 1.60. The van der Waals surface area contributed by atoms with Gasteiger partial charge in [0.15, 0.2) is 5.78 Å². The van der Waals surface area contributed by atoms with E-state index in [0.717, 1.165) is 31.5 Å². The molecule has 6 nitrogen and oxygen atoms in total. The number of anilines is 1. The predicted octanol–water partition coefficient (Wildman–Crippen LogP) is 5.55. The Morgan fingerprint density at radius 3 is 2.58 bits per heavy atom. The number of ketones is 1. The number of likely N-dealkylation sites (tertiary alicyclic amines) is 1. The largest absolute Gasteiger partial charge is 0.395 e. The summed E-state index contributed by atoms with van der Waals surface area (Å²) >= 11 is 12.6. The molecule has 0 radical (unpaired) electrons. The molecule has 216 valence electrons. The maximum Gasteiger partial charge on any atom is 0.237 e. The first kappa shape index (κ1) is 29.5. The molecule has 3 aliphatic rings. The Kier molecular flexibility index (Phi) is 8.35. The van der Waals surface area contributed by atoms with Crippen molar-refractivity contribution in [1.82, 2.24) is 10.2 Å². The Morgan fingerprint density at radius 2 is 1.90 bits per heavy atom. The molecule has 5 rings (SSSR count). The molecule has 1 amide bonds. The number of carbonyl (C=O) groups is 2. The van der Waals surface area contributed by atoms with Crippen LogP contribution in [0.3, 0.4) is 0 Å². The summed E-state index contributed by atoms with van der Waals surface area (Å²) in [6.45, 7) is 8.71. The van der Waals surface area contributed by atoms with Crippen molar-refractivity contribution in [2.75, 3.05) is 31.6 Å². The summed E-state index contributed by atoms with van der Waals surface area (Å²) in [5.74, 6) is -1.49. The molecule has 0 bridgehead atoms. The average Bonchev–Trinajstić information content (AvgIpc) is 3.36. The Hall–Kier alpha value is -2.03. The Labute approximate surface area is 245 Å². The van der Waals surface area contributed by atoms with Crippen molar-refractivity contribution >= 4 is 40.6 Å². The van der Waals surface area contributed by atoms with Gasteiger partial charge < -0.3 is 20.6 Å². The van der Waals surface area contributed by atoms with E-state index in [1.54, 1.807) is 24.3 Å². The minimum absolute atomic E-state index is 0.0176. The van der Waals surface area contributed by atoms with Crippen molar-refractivity contribution in [1.29, 1.82) is 0 Å². The number of piperidine rings is 1. The van der Waals surface area contributed by atoms with Crippen molar-refractivity contribution in [2.24, 2.45) is 11.3 Å². The zero-order valence-electron chi connectivity index (χ0n) is 23.3.